The minimum Gasteiger partial charge on any atom is -0.351 e. The summed E-state index contributed by atoms with van der Waals surface area (Å²) in [4.78, 5) is 16.3. The number of rotatable bonds is 8. The van der Waals surface area contributed by atoms with Gasteiger partial charge in [-0.1, -0.05) is 12.1 Å². The summed E-state index contributed by atoms with van der Waals surface area (Å²) >= 11 is -2.43. The molecule has 0 fully saturated rings. The molecule has 1 heterocycles. The van der Waals surface area contributed by atoms with E-state index in [4.69, 9.17) is 4.55 Å². The molecule has 3 N–H and O–H groups in total. The van der Waals surface area contributed by atoms with E-state index in [1.54, 1.807) is 0 Å². The first-order valence-corrected chi connectivity index (χ1v) is 11.4. The van der Waals surface area contributed by atoms with E-state index in [-0.39, 0.29) is 34.9 Å². The van der Waals surface area contributed by atoms with Crippen molar-refractivity contribution in [1.29, 1.82) is 0 Å². The number of nitrogens with one attached hydrogen (secondary N) is 2. The van der Waals surface area contributed by atoms with Crippen LogP contribution in [-0.2, 0) is 28.8 Å². The van der Waals surface area contributed by atoms with Crippen molar-refractivity contribution in [2.75, 3.05) is 16.7 Å². The van der Waals surface area contributed by atoms with Gasteiger partial charge in [0.15, 0.2) is 0 Å². The molecule has 0 aliphatic heterocycles. The number of hydrogen-bond donors (Lipinski definition) is 3. The van der Waals surface area contributed by atoms with Crippen LogP contribution in [0.5, 0.6) is 0 Å². The van der Waals surface area contributed by atoms with E-state index >= 15 is 0 Å². The summed E-state index contributed by atoms with van der Waals surface area (Å²) in [5, 5.41) is 5.29. The van der Waals surface area contributed by atoms with Gasteiger partial charge in [-0.05, 0) is 55.0 Å². The van der Waals surface area contributed by atoms with E-state index in [0.29, 0.717) is 0 Å². The topological polar surface area (TPSA) is 94.6 Å². The third kappa shape index (κ3) is 6.55. The van der Waals surface area contributed by atoms with E-state index in [9.17, 15) is 31.0 Å². The normalized spacial score (nSPS) is 13.1. The number of aromatic nitrogens is 1. The maximum atomic E-state index is 14.4. The molecule has 7 nitrogen and oxygen atoms in total. The van der Waals surface area contributed by atoms with Gasteiger partial charge in [0, 0.05) is 24.8 Å². The third-order valence-corrected chi connectivity index (χ3v) is 5.93. The van der Waals surface area contributed by atoms with Crippen molar-refractivity contribution >= 4 is 34.4 Å². The van der Waals surface area contributed by atoms with Gasteiger partial charge in [-0.25, -0.2) is 18.0 Å². The Morgan fingerprint density at radius 3 is 2.36 bits per heavy atom. The highest BCUT2D eigenvalue weighted by Gasteiger charge is 2.33. The highest BCUT2D eigenvalue weighted by Crippen LogP contribution is 2.31. The number of benzene rings is 2. The fraction of sp³-hybridized carbons (Fsp3) is 0.217. The van der Waals surface area contributed by atoms with E-state index < -0.39 is 46.6 Å². The first-order chi connectivity index (χ1) is 16.9. The first kappa shape index (κ1) is 27.0. The Morgan fingerprint density at radius 2 is 1.78 bits per heavy atom. The molecule has 36 heavy (non-hydrogen) atoms. The van der Waals surface area contributed by atoms with Gasteiger partial charge in [-0.2, -0.15) is 13.2 Å². The van der Waals surface area contributed by atoms with Crippen LogP contribution in [0.25, 0.3) is 0 Å². The van der Waals surface area contributed by atoms with Gasteiger partial charge in [-0.15, -0.1) is 0 Å². The molecular weight excluding hydrogens is 507 g/mol. The van der Waals surface area contributed by atoms with Gasteiger partial charge in [0.2, 0.25) is 5.91 Å². The van der Waals surface area contributed by atoms with Gasteiger partial charge >= 0.3 is 6.18 Å². The minimum absolute atomic E-state index is 0.139. The molecule has 2 atom stereocenters. The Kier molecular flexibility index (Phi) is 8.25. The smallest absolute Gasteiger partial charge is 0.351 e. The largest absolute Gasteiger partial charge is 0.433 e. The Hall–Kier alpha value is -3.58. The highest BCUT2D eigenvalue weighted by molar-refractivity contribution is 7.80. The summed E-state index contributed by atoms with van der Waals surface area (Å²) in [6, 6.07) is 10.6. The number of carbonyl (C=O) groups is 1. The van der Waals surface area contributed by atoms with Crippen LogP contribution in [0.3, 0.4) is 0 Å². The molecule has 192 valence electrons. The SMILES string of the molecule is CC(C(=O)NCc1ccc(C(F)(F)F)nc1Nc1ccc(F)cc1)c1ccc(N(C)S(=O)O)c(F)c1. The van der Waals surface area contributed by atoms with Gasteiger partial charge in [0.05, 0.1) is 11.6 Å². The van der Waals surface area contributed by atoms with Crippen LogP contribution in [0, 0.1) is 11.6 Å². The van der Waals surface area contributed by atoms with Crippen molar-refractivity contribution in [1.82, 2.24) is 10.3 Å². The number of nitrogens with zero attached hydrogens (tertiary/aromatic N) is 2. The number of carbonyl (C=O) groups excluding carboxylic acids is 1. The molecule has 0 aliphatic carbocycles. The van der Waals surface area contributed by atoms with Crippen LogP contribution in [0.2, 0.25) is 0 Å². The number of hydrogen-bond acceptors (Lipinski definition) is 4. The van der Waals surface area contributed by atoms with Crippen molar-refractivity contribution in [2.24, 2.45) is 0 Å². The number of halogens is 5. The monoisotopic (exact) mass is 528 g/mol. The zero-order valence-electron chi connectivity index (χ0n) is 18.9. The van der Waals surface area contributed by atoms with Crippen LogP contribution in [0.15, 0.2) is 54.6 Å². The summed E-state index contributed by atoms with van der Waals surface area (Å²) in [6.07, 6.45) is -4.71. The summed E-state index contributed by atoms with van der Waals surface area (Å²) < 4.78 is 88.2. The maximum Gasteiger partial charge on any atom is 0.433 e. The standard InChI is InChI=1S/C23H21F5N4O3S/c1-13(14-3-9-19(18(25)11-14)32(2)36(34)35)22(33)29-12-15-4-10-20(23(26,27)28)31-21(15)30-17-7-5-16(24)6-8-17/h3-11,13H,12H2,1-2H3,(H,29,33)(H,30,31)(H,34,35). The molecule has 2 unspecified atom stereocenters. The Bertz CT molecular complexity index is 1270. The summed E-state index contributed by atoms with van der Waals surface area (Å²) in [5.74, 6) is -2.92. The second-order valence-electron chi connectivity index (χ2n) is 7.71. The van der Waals surface area contributed by atoms with Crippen LogP contribution < -0.4 is 14.9 Å². The number of amides is 1. The Balaban J connectivity index is 1.78. The Morgan fingerprint density at radius 1 is 1.11 bits per heavy atom. The molecular formula is C23H21F5N4O3S. The molecule has 0 aliphatic rings. The van der Waals surface area contributed by atoms with E-state index in [1.165, 1.54) is 38.2 Å². The third-order valence-electron chi connectivity index (χ3n) is 5.27. The van der Waals surface area contributed by atoms with Crippen LogP contribution in [-0.4, -0.2) is 26.7 Å². The molecule has 0 radical (unpaired) electrons. The fourth-order valence-electron chi connectivity index (χ4n) is 3.19. The zero-order chi connectivity index (χ0) is 26.6. The van der Waals surface area contributed by atoms with Crippen molar-refractivity contribution in [3.05, 3.63) is 83.1 Å². The van der Waals surface area contributed by atoms with Crippen molar-refractivity contribution in [2.45, 2.75) is 25.6 Å². The quantitative estimate of drug-likeness (QED) is 0.279. The van der Waals surface area contributed by atoms with Gasteiger partial charge in [0.1, 0.15) is 23.1 Å². The summed E-state index contributed by atoms with van der Waals surface area (Å²) in [7, 11) is 1.22. The highest BCUT2D eigenvalue weighted by atomic mass is 32.2. The summed E-state index contributed by atoms with van der Waals surface area (Å²) in [5.41, 5.74) is -0.504. The van der Waals surface area contributed by atoms with Crippen LogP contribution in [0.1, 0.15) is 29.7 Å². The van der Waals surface area contributed by atoms with Crippen molar-refractivity contribution in [3.63, 3.8) is 0 Å². The lowest BCUT2D eigenvalue weighted by Gasteiger charge is -2.18. The van der Waals surface area contributed by atoms with Crippen LogP contribution in [0.4, 0.5) is 39.1 Å². The Labute approximate surface area is 205 Å². The predicted molar refractivity (Wildman–Crippen MR) is 125 cm³/mol. The predicted octanol–water partition coefficient (Wildman–Crippen LogP) is 5.12. The number of pyridine rings is 1. The molecule has 3 aromatic rings. The van der Waals surface area contributed by atoms with Gasteiger partial charge in [-0.3, -0.25) is 13.7 Å². The summed E-state index contributed by atoms with van der Waals surface area (Å²) in [6.45, 7) is 1.30. The molecule has 13 heteroatoms. The maximum absolute atomic E-state index is 14.4. The van der Waals surface area contributed by atoms with Gasteiger partial charge in [0.25, 0.3) is 11.3 Å². The lowest BCUT2D eigenvalue weighted by Crippen LogP contribution is -2.28. The molecule has 0 spiro atoms. The molecule has 1 aromatic heterocycles. The minimum atomic E-state index is -4.71. The molecule has 0 saturated carbocycles. The zero-order valence-corrected chi connectivity index (χ0v) is 19.8. The molecule has 0 saturated heterocycles. The molecule has 1 amide bonds. The van der Waals surface area contributed by atoms with Crippen LogP contribution >= 0.6 is 0 Å². The second kappa shape index (κ2) is 11.0. The van der Waals surface area contributed by atoms with Gasteiger partial charge < -0.3 is 10.6 Å². The first-order valence-electron chi connectivity index (χ1n) is 10.4. The van der Waals surface area contributed by atoms with Crippen molar-refractivity contribution < 1.29 is 35.5 Å². The lowest BCUT2D eigenvalue weighted by atomic mass is 9.99. The lowest BCUT2D eigenvalue weighted by molar-refractivity contribution is -0.141. The number of anilines is 3. The van der Waals surface area contributed by atoms with Crippen molar-refractivity contribution in [3.8, 4) is 0 Å². The average molecular weight is 529 g/mol. The average Bonchev–Trinajstić information content (AvgIpc) is 2.82. The number of alkyl halides is 3. The molecule has 0 bridgehead atoms. The second-order valence-corrected chi connectivity index (χ2v) is 8.72. The van der Waals surface area contributed by atoms with E-state index in [0.717, 1.165) is 34.6 Å². The molecule has 2 aromatic carbocycles. The van der Waals surface area contributed by atoms with E-state index in [1.807, 2.05) is 0 Å². The fourth-order valence-corrected chi connectivity index (χ4v) is 3.50. The molecule has 3 rings (SSSR count). The van der Waals surface area contributed by atoms with E-state index in [2.05, 4.69) is 15.6 Å².